The predicted octanol–water partition coefficient (Wildman–Crippen LogP) is 7.80. The van der Waals surface area contributed by atoms with Crippen molar-refractivity contribution in [1.82, 2.24) is 10.3 Å². The molecule has 1 aromatic heterocycles. The Hall–Kier alpha value is -3.42. The maximum absolute atomic E-state index is 15.1. The Labute approximate surface area is 349 Å². The first-order valence-corrected chi connectivity index (χ1v) is 21.6. The molecule has 5 N–H and O–H groups in total. The smallest absolute Gasteiger partial charge is 0.346 e. The van der Waals surface area contributed by atoms with Crippen molar-refractivity contribution in [2.24, 2.45) is 40.4 Å². The number of ether oxygens (including phenoxy) is 3. The molecule has 3 fully saturated rings. The first-order chi connectivity index (χ1) is 27.5. The molecule has 0 unspecified atom stereocenters. The van der Waals surface area contributed by atoms with E-state index in [0.717, 1.165) is 25.7 Å². The van der Waals surface area contributed by atoms with Crippen molar-refractivity contribution in [3.05, 3.63) is 69.2 Å². The lowest BCUT2D eigenvalue weighted by molar-refractivity contribution is -0.258. The average molecular weight is 844 g/mol. The number of carbonyl (C=O) groups is 4. The first-order valence-electron chi connectivity index (χ1n) is 20.9. The fourth-order valence-electron chi connectivity index (χ4n) is 11.3. The van der Waals surface area contributed by atoms with Gasteiger partial charge in [0.25, 0.3) is 5.91 Å². The summed E-state index contributed by atoms with van der Waals surface area (Å²) in [6, 6.07) is 0.674. The van der Waals surface area contributed by atoms with Crippen molar-refractivity contribution in [3.8, 4) is 0 Å². The Morgan fingerprint density at radius 2 is 1.86 bits per heavy atom. The van der Waals surface area contributed by atoms with Crippen LogP contribution in [-0.2, 0) is 28.6 Å². The quantitative estimate of drug-likeness (QED) is 0.103. The summed E-state index contributed by atoms with van der Waals surface area (Å²) in [5, 5.41) is 37.5. The highest BCUT2D eigenvalue weighted by molar-refractivity contribution is 6.36. The highest BCUT2D eigenvalue weighted by atomic mass is 35.5. The van der Waals surface area contributed by atoms with Crippen molar-refractivity contribution in [2.75, 3.05) is 0 Å². The van der Waals surface area contributed by atoms with Gasteiger partial charge in [-0.3, -0.25) is 9.59 Å². The summed E-state index contributed by atoms with van der Waals surface area (Å²) in [7, 11) is 0. The normalized spacial score (nSPS) is 42.0. The molecule has 0 aromatic carbocycles. The highest BCUT2D eigenvalue weighted by Crippen LogP contribution is 2.61. The zero-order valence-electron chi connectivity index (χ0n) is 33.8. The number of aromatic amines is 1. The van der Waals surface area contributed by atoms with Crippen LogP contribution in [0.15, 0.2) is 53.4 Å². The topological polar surface area (TPSA) is 184 Å². The Morgan fingerprint density at radius 3 is 2.52 bits per heavy atom. The number of H-pyrrole nitrogens is 1. The number of rotatable bonds is 7. The molecule has 316 valence electrons. The van der Waals surface area contributed by atoms with Gasteiger partial charge in [0, 0.05) is 29.7 Å². The summed E-state index contributed by atoms with van der Waals surface area (Å²) in [5.74, 6) is -4.44. The summed E-state index contributed by atoms with van der Waals surface area (Å²) in [4.78, 5) is 57.5. The molecule has 13 atom stereocenters. The molecule has 2 bridgehead atoms. The van der Waals surface area contributed by atoms with Crippen LogP contribution in [0.2, 0.25) is 10.2 Å². The second-order valence-electron chi connectivity index (χ2n) is 17.6. The van der Waals surface area contributed by atoms with Crippen LogP contribution in [0.4, 0.5) is 0 Å². The summed E-state index contributed by atoms with van der Waals surface area (Å²) >= 11 is 12.2. The van der Waals surface area contributed by atoms with Gasteiger partial charge in [0.05, 0.1) is 34.8 Å². The number of ketones is 1. The van der Waals surface area contributed by atoms with E-state index in [1.165, 1.54) is 6.07 Å². The molecule has 14 heteroatoms. The molecular weight excluding hydrogens is 787 g/mol. The number of halogens is 2. The Kier molecular flexibility index (Phi) is 11.9. The molecule has 2 saturated heterocycles. The van der Waals surface area contributed by atoms with Crippen LogP contribution < -0.4 is 5.32 Å². The van der Waals surface area contributed by atoms with E-state index in [9.17, 15) is 29.7 Å². The maximum atomic E-state index is 15.1. The number of carboxylic acid groups (broad SMARTS) is 1. The molecule has 4 aliphatic carbocycles. The number of carboxylic acids is 1. The minimum atomic E-state index is -1.72. The van der Waals surface area contributed by atoms with Gasteiger partial charge in [-0.15, -0.1) is 0 Å². The predicted molar refractivity (Wildman–Crippen MR) is 216 cm³/mol. The fourth-order valence-corrected chi connectivity index (χ4v) is 11.8. The number of nitrogens with one attached hydrogen (secondary N) is 2. The van der Waals surface area contributed by atoms with Crippen LogP contribution in [0, 0.1) is 40.4 Å². The summed E-state index contributed by atoms with van der Waals surface area (Å²) < 4.78 is 19.3. The van der Waals surface area contributed by atoms with Gasteiger partial charge in [0.15, 0.2) is 11.9 Å². The third-order valence-electron chi connectivity index (χ3n) is 14.5. The molecule has 6 aliphatic rings. The van der Waals surface area contributed by atoms with Crippen LogP contribution in [0.5, 0.6) is 0 Å². The molecule has 7 rings (SSSR count). The van der Waals surface area contributed by atoms with E-state index in [2.05, 4.69) is 29.4 Å². The van der Waals surface area contributed by atoms with Crippen molar-refractivity contribution in [1.29, 1.82) is 0 Å². The summed E-state index contributed by atoms with van der Waals surface area (Å²) in [6.07, 6.45) is 12.3. The number of esters is 1. The molecular formula is C44H56Cl2N2O10. The molecule has 1 spiro atoms. The monoisotopic (exact) mass is 842 g/mol. The number of aromatic nitrogens is 1. The minimum absolute atomic E-state index is 0.00395. The number of amides is 1. The molecule has 1 amide bonds. The highest BCUT2D eigenvalue weighted by Gasteiger charge is 2.67. The van der Waals surface area contributed by atoms with Crippen molar-refractivity contribution in [3.63, 3.8) is 0 Å². The molecule has 3 heterocycles. The van der Waals surface area contributed by atoms with Gasteiger partial charge in [-0.2, -0.15) is 0 Å². The largest absolute Gasteiger partial charge is 0.511 e. The zero-order valence-corrected chi connectivity index (χ0v) is 35.3. The molecule has 12 nitrogen and oxygen atoms in total. The van der Waals surface area contributed by atoms with Gasteiger partial charge in [-0.05, 0) is 88.5 Å². The van der Waals surface area contributed by atoms with Gasteiger partial charge in [-0.1, -0.05) is 80.8 Å². The third kappa shape index (κ3) is 6.98. The van der Waals surface area contributed by atoms with E-state index in [0.29, 0.717) is 25.7 Å². The standard InChI is InChI=1S/C44H56Cl2N2O10/c1-6-24-20-44-38(51)33(41(55)58-44)37(50)43(7-2)25(12-10-8-9-11-17-42(44,5)21-27(24)40(53)54)14-15-26-28(43)16-13-22(3)36(26)57-32-19-30(49)34(23(4)56-32)48-39(52)35-29(45)18-31(46)47-35/h11,14-15,17-18,21-26,28,30,32,34,36,47,49-50H,6-10,12-13,16,19-20H2,1-5H3,(H,48,52)(H,53,54)/b17-11+,37-33+/t22-,23+,24-,25+,26-,28-,30+,32-,34+,36-,42-,43+,44+/m0/s1. The van der Waals surface area contributed by atoms with Gasteiger partial charge >= 0.3 is 11.9 Å². The number of aliphatic hydroxyl groups is 2. The summed E-state index contributed by atoms with van der Waals surface area (Å²) in [6.45, 7) is 9.47. The van der Waals surface area contributed by atoms with Crippen LogP contribution in [0.1, 0.15) is 109 Å². The number of allylic oxidation sites excluding steroid dienone is 3. The summed E-state index contributed by atoms with van der Waals surface area (Å²) in [5.41, 5.74) is -4.03. The lowest BCUT2D eigenvalue weighted by Crippen LogP contribution is -2.58. The number of fused-ring (bicyclic) bond motifs is 4. The first kappa shape index (κ1) is 42.7. The molecule has 1 aromatic rings. The maximum Gasteiger partial charge on any atom is 0.346 e. The van der Waals surface area contributed by atoms with E-state index in [-0.39, 0.29) is 69.3 Å². The Balaban J connectivity index is 1.21. The number of hydrogen-bond donors (Lipinski definition) is 5. The van der Waals surface area contributed by atoms with Gasteiger partial charge < -0.3 is 39.8 Å². The fraction of sp³-hybridized carbons (Fsp3) is 0.636. The van der Waals surface area contributed by atoms with Gasteiger partial charge in [-0.25, -0.2) is 9.59 Å². The second-order valence-corrected chi connectivity index (χ2v) is 18.4. The molecule has 0 radical (unpaired) electrons. The molecule has 1 saturated carbocycles. The van der Waals surface area contributed by atoms with Crippen molar-refractivity contribution < 1.29 is 48.7 Å². The lowest BCUT2D eigenvalue weighted by Gasteiger charge is -2.55. The number of aliphatic carboxylic acids is 1. The van der Waals surface area contributed by atoms with Crippen LogP contribution >= 0.6 is 23.2 Å². The van der Waals surface area contributed by atoms with E-state index in [1.807, 2.05) is 26.0 Å². The molecule has 2 aliphatic heterocycles. The molecule has 58 heavy (non-hydrogen) atoms. The Bertz CT molecular complexity index is 1940. The van der Waals surface area contributed by atoms with E-state index in [1.54, 1.807) is 19.9 Å². The van der Waals surface area contributed by atoms with E-state index in [4.69, 9.17) is 37.4 Å². The van der Waals surface area contributed by atoms with E-state index < -0.39 is 76.6 Å². The number of aliphatic hydroxyl groups excluding tert-OH is 2. The number of hydrogen-bond acceptors (Lipinski definition) is 9. The SMILES string of the molecule is CC[C@H]1C[C@]23OC(=O)/C(=C(/O)[C@]4(CC)[C@@H](C=C[C@@H]5[C@@H](O[C@H]6C[C@@H](O)[C@H](NC(=O)c7[nH]c(Cl)cc7Cl)[C@@H](C)O6)[C@@H](C)CC[C@@H]54)CCCC/C=C/[C@@]2(C)C=C1C(=O)O)C3=O. The van der Waals surface area contributed by atoms with Crippen molar-refractivity contribution in [2.45, 2.75) is 135 Å². The van der Waals surface area contributed by atoms with Crippen molar-refractivity contribution >= 4 is 46.8 Å². The van der Waals surface area contributed by atoms with Crippen LogP contribution in [-0.4, -0.2) is 80.2 Å². The van der Waals surface area contributed by atoms with E-state index >= 15 is 4.79 Å². The number of Topliss-reactive ketones (excluding diaryl/α,β-unsaturated/α-hetero) is 1. The second kappa shape index (κ2) is 16.2. The van der Waals surface area contributed by atoms with Gasteiger partial charge in [0.2, 0.25) is 5.78 Å². The third-order valence-corrected chi connectivity index (χ3v) is 15.0. The van der Waals surface area contributed by atoms with Gasteiger partial charge in [0.1, 0.15) is 22.2 Å². The number of carbonyl (C=O) groups excluding carboxylic acids is 3. The average Bonchev–Trinajstić information content (AvgIpc) is 3.65. The van der Waals surface area contributed by atoms with Crippen LogP contribution in [0.25, 0.3) is 0 Å². The lowest BCUT2D eigenvalue weighted by atomic mass is 9.50. The van der Waals surface area contributed by atoms with Crippen LogP contribution in [0.3, 0.4) is 0 Å². The Morgan fingerprint density at radius 1 is 1.10 bits per heavy atom. The minimum Gasteiger partial charge on any atom is -0.511 e. The zero-order chi connectivity index (χ0) is 41.9.